The lowest BCUT2D eigenvalue weighted by atomic mass is 9.95. The molecule has 0 unspecified atom stereocenters. The maximum absolute atomic E-state index is 13.1. The predicted octanol–water partition coefficient (Wildman–Crippen LogP) is 2.75. The summed E-state index contributed by atoms with van der Waals surface area (Å²) in [6.45, 7) is 5.56. The molecule has 1 saturated carbocycles. The Morgan fingerprint density at radius 1 is 1.43 bits per heavy atom. The number of sulfone groups is 1. The van der Waals surface area contributed by atoms with E-state index in [1.54, 1.807) is 31.2 Å². The van der Waals surface area contributed by atoms with Crippen LogP contribution in [0, 0.1) is 5.92 Å². The summed E-state index contributed by atoms with van der Waals surface area (Å²) in [7, 11) is -3.83. The van der Waals surface area contributed by atoms with E-state index < -0.39 is 26.5 Å². The molecule has 1 aliphatic carbocycles. The van der Waals surface area contributed by atoms with Gasteiger partial charge < -0.3 is 4.74 Å². The zero-order valence-electron chi connectivity index (χ0n) is 12.1. The molecule has 0 bridgehead atoms. The normalized spacial score (nSPS) is 25.5. The smallest absolute Gasteiger partial charge is 0.328 e. The number of rotatable bonds is 5. The Hall–Kier alpha value is -1.62. The zero-order valence-corrected chi connectivity index (χ0v) is 12.9. The van der Waals surface area contributed by atoms with Crippen molar-refractivity contribution in [2.24, 2.45) is 5.92 Å². The minimum atomic E-state index is -3.83. The third-order valence-electron chi connectivity index (χ3n) is 4.10. The summed E-state index contributed by atoms with van der Waals surface area (Å²) < 4.78 is 29.8. The zero-order chi connectivity index (χ0) is 15.5. The van der Waals surface area contributed by atoms with Crippen LogP contribution in [0.25, 0.3) is 0 Å². The second kappa shape index (κ2) is 6.02. The van der Waals surface area contributed by atoms with Gasteiger partial charge in [0.1, 0.15) is 0 Å². The molecule has 1 aliphatic rings. The second-order valence-electron chi connectivity index (χ2n) is 5.16. The minimum absolute atomic E-state index is 0.159. The van der Waals surface area contributed by atoms with E-state index in [-0.39, 0.29) is 17.9 Å². The molecule has 21 heavy (non-hydrogen) atoms. The highest BCUT2D eigenvalue weighted by molar-refractivity contribution is 7.93. The highest BCUT2D eigenvalue weighted by atomic mass is 32.2. The average Bonchev–Trinajstić information content (AvgIpc) is 2.94. The number of hydrogen-bond acceptors (Lipinski definition) is 4. The summed E-state index contributed by atoms with van der Waals surface area (Å²) in [5.41, 5.74) is 0. The molecular formula is C16H20O4S. The summed E-state index contributed by atoms with van der Waals surface area (Å²) in [5, 5.41) is 0. The third-order valence-corrected chi connectivity index (χ3v) is 6.63. The van der Waals surface area contributed by atoms with Crippen LogP contribution in [-0.2, 0) is 19.4 Å². The van der Waals surface area contributed by atoms with E-state index in [4.69, 9.17) is 4.74 Å². The van der Waals surface area contributed by atoms with Crippen LogP contribution in [0.4, 0.5) is 0 Å². The molecule has 0 spiro atoms. The van der Waals surface area contributed by atoms with Crippen LogP contribution in [0.15, 0.2) is 47.9 Å². The summed E-state index contributed by atoms with van der Waals surface area (Å²) in [4.78, 5) is 12.7. The van der Waals surface area contributed by atoms with Crippen LogP contribution >= 0.6 is 0 Å². The summed E-state index contributed by atoms with van der Waals surface area (Å²) in [6.07, 6.45) is 3.15. The lowest BCUT2D eigenvalue weighted by molar-refractivity contribution is -0.147. The van der Waals surface area contributed by atoms with Crippen molar-refractivity contribution in [2.45, 2.75) is 35.8 Å². The van der Waals surface area contributed by atoms with Gasteiger partial charge in [0, 0.05) is 5.92 Å². The van der Waals surface area contributed by atoms with Gasteiger partial charge in [0.25, 0.3) is 0 Å². The van der Waals surface area contributed by atoms with Gasteiger partial charge in [-0.25, -0.2) is 8.42 Å². The third kappa shape index (κ3) is 2.39. The maximum atomic E-state index is 13.1. The Morgan fingerprint density at radius 3 is 2.67 bits per heavy atom. The first kappa shape index (κ1) is 15.8. The number of hydrogen-bond donors (Lipinski definition) is 0. The number of ether oxygens (including phenoxy) is 1. The standard InChI is InChI=1S/C16H20O4S/c1-3-13-9-8-12-16(13,15(17)20-4-2)21(18,19)14-10-6-5-7-11-14/h3,5-7,10-11,13H,1,4,8-9,12H2,2H3/t13-,16+/m0/s1. The van der Waals surface area contributed by atoms with Gasteiger partial charge in [-0.05, 0) is 31.9 Å². The first-order chi connectivity index (χ1) is 10.0. The lowest BCUT2D eigenvalue weighted by Gasteiger charge is -2.31. The van der Waals surface area contributed by atoms with Gasteiger partial charge in [0.05, 0.1) is 11.5 Å². The van der Waals surface area contributed by atoms with Crippen LogP contribution in [0.2, 0.25) is 0 Å². The molecule has 0 aromatic heterocycles. The van der Waals surface area contributed by atoms with E-state index in [1.807, 2.05) is 0 Å². The monoisotopic (exact) mass is 308 g/mol. The minimum Gasteiger partial charge on any atom is -0.465 e. The Kier molecular flexibility index (Phi) is 4.52. The van der Waals surface area contributed by atoms with Crippen molar-refractivity contribution in [3.8, 4) is 0 Å². The van der Waals surface area contributed by atoms with Crippen molar-refractivity contribution < 1.29 is 17.9 Å². The first-order valence-electron chi connectivity index (χ1n) is 7.10. The average molecular weight is 308 g/mol. The number of allylic oxidation sites excluding steroid dienone is 1. The van der Waals surface area contributed by atoms with Gasteiger partial charge >= 0.3 is 5.97 Å². The molecule has 0 amide bonds. The molecule has 1 fully saturated rings. The molecule has 0 radical (unpaired) electrons. The molecule has 2 rings (SSSR count). The highest BCUT2D eigenvalue weighted by Crippen LogP contribution is 2.46. The molecule has 0 aliphatic heterocycles. The molecule has 1 aromatic rings. The van der Waals surface area contributed by atoms with Gasteiger partial charge in [0.2, 0.25) is 0 Å². The Labute approximate surface area is 125 Å². The van der Waals surface area contributed by atoms with Crippen molar-refractivity contribution in [1.29, 1.82) is 0 Å². The van der Waals surface area contributed by atoms with Crippen LogP contribution in [0.1, 0.15) is 26.2 Å². The number of benzene rings is 1. The quantitative estimate of drug-likeness (QED) is 0.620. The van der Waals surface area contributed by atoms with Gasteiger partial charge in [0.15, 0.2) is 14.6 Å². The second-order valence-corrected chi connectivity index (χ2v) is 7.37. The number of esters is 1. The molecule has 0 saturated heterocycles. The SMILES string of the molecule is C=C[C@H]1CCC[C@@]1(C(=O)OCC)S(=O)(=O)c1ccccc1. The Morgan fingerprint density at radius 2 is 2.10 bits per heavy atom. The molecule has 1 aromatic carbocycles. The molecule has 5 heteroatoms. The topological polar surface area (TPSA) is 60.4 Å². The molecule has 114 valence electrons. The van der Waals surface area contributed by atoms with Crippen molar-refractivity contribution >= 4 is 15.8 Å². The van der Waals surface area contributed by atoms with E-state index in [2.05, 4.69) is 6.58 Å². The van der Waals surface area contributed by atoms with Crippen LogP contribution in [-0.4, -0.2) is 25.7 Å². The van der Waals surface area contributed by atoms with Gasteiger partial charge in [-0.2, -0.15) is 0 Å². The fourth-order valence-corrected chi connectivity index (χ4v) is 5.31. The highest BCUT2D eigenvalue weighted by Gasteiger charge is 2.59. The van der Waals surface area contributed by atoms with Crippen LogP contribution in [0.3, 0.4) is 0 Å². The van der Waals surface area contributed by atoms with Crippen LogP contribution in [0.5, 0.6) is 0 Å². The lowest BCUT2D eigenvalue weighted by Crippen LogP contribution is -2.50. The van der Waals surface area contributed by atoms with Gasteiger partial charge in [-0.15, -0.1) is 6.58 Å². The molecule has 0 N–H and O–H groups in total. The fourth-order valence-electron chi connectivity index (χ4n) is 3.07. The van der Waals surface area contributed by atoms with E-state index in [0.29, 0.717) is 12.8 Å². The van der Waals surface area contributed by atoms with E-state index >= 15 is 0 Å². The first-order valence-corrected chi connectivity index (χ1v) is 8.58. The summed E-state index contributed by atoms with van der Waals surface area (Å²) in [6, 6.07) is 8.10. The predicted molar refractivity (Wildman–Crippen MR) is 80.5 cm³/mol. The van der Waals surface area contributed by atoms with Gasteiger partial charge in [-0.3, -0.25) is 4.79 Å². The van der Waals surface area contributed by atoms with E-state index in [1.165, 1.54) is 12.1 Å². The number of carbonyl (C=O) groups excluding carboxylic acids is 1. The number of carbonyl (C=O) groups is 1. The summed E-state index contributed by atoms with van der Waals surface area (Å²) >= 11 is 0. The molecule has 0 heterocycles. The van der Waals surface area contributed by atoms with Crippen molar-refractivity contribution in [1.82, 2.24) is 0 Å². The van der Waals surface area contributed by atoms with Gasteiger partial charge in [-0.1, -0.05) is 30.7 Å². The van der Waals surface area contributed by atoms with Crippen molar-refractivity contribution in [2.75, 3.05) is 6.61 Å². The summed E-state index contributed by atoms with van der Waals surface area (Å²) in [5.74, 6) is -1.07. The fraction of sp³-hybridized carbons (Fsp3) is 0.438. The molecule has 2 atom stereocenters. The maximum Gasteiger partial charge on any atom is 0.328 e. The molecule has 4 nitrogen and oxygen atoms in total. The van der Waals surface area contributed by atoms with E-state index in [9.17, 15) is 13.2 Å². The Bertz CT molecular complexity index is 621. The van der Waals surface area contributed by atoms with Crippen molar-refractivity contribution in [3.63, 3.8) is 0 Å². The Balaban J connectivity index is 2.60. The largest absolute Gasteiger partial charge is 0.465 e. The molecular weight excluding hydrogens is 288 g/mol. The van der Waals surface area contributed by atoms with E-state index in [0.717, 1.165) is 0 Å². The van der Waals surface area contributed by atoms with Crippen LogP contribution < -0.4 is 0 Å². The van der Waals surface area contributed by atoms with Crippen molar-refractivity contribution in [3.05, 3.63) is 43.0 Å².